The topological polar surface area (TPSA) is 29.5 Å². The SMILES string of the molecule is CCC1(C)COC(=O)N(C)C1. The fourth-order valence-corrected chi connectivity index (χ4v) is 1.24. The maximum absolute atomic E-state index is 10.9. The van der Waals surface area contributed by atoms with Gasteiger partial charge in [0.2, 0.25) is 0 Å². The van der Waals surface area contributed by atoms with Gasteiger partial charge in [0.15, 0.2) is 0 Å². The smallest absolute Gasteiger partial charge is 0.409 e. The second kappa shape index (κ2) is 2.72. The van der Waals surface area contributed by atoms with Crippen LogP contribution in [0.2, 0.25) is 0 Å². The molecule has 0 aliphatic carbocycles. The molecular formula is C8H15NO2. The Balaban J connectivity index is 2.58. The molecule has 64 valence electrons. The molecule has 1 amide bonds. The van der Waals surface area contributed by atoms with Crippen molar-refractivity contribution in [1.29, 1.82) is 0 Å². The van der Waals surface area contributed by atoms with Crippen molar-refractivity contribution in [3.63, 3.8) is 0 Å². The van der Waals surface area contributed by atoms with Crippen LogP contribution in [0.25, 0.3) is 0 Å². The Morgan fingerprint density at radius 2 is 2.36 bits per heavy atom. The molecule has 3 heteroatoms. The lowest BCUT2D eigenvalue weighted by molar-refractivity contribution is 0.00866. The highest BCUT2D eigenvalue weighted by Crippen LogP contribution is 2.26. The number of carbonyl (C=O) groups is 1. The van der Waals surface area contributed by atoms with Gasteiger partial charge in [-0.05, 0) is 6.42 Å². The van der Waals surface area contributed by atoms with E-state index in [2.05, 4.69) is 13.8 Å². The van der Waals surface area contributed by atoms with Gasteiger partial charge in [0, 0.05) is 19.0 Å². The predicted molar refractivity (Wildman–Crippen MR) is 42.4 cm³/mol. The highest BCUT2D eigenvalue weighted by molar-refractivity contribution is 5.68. The van der Waals surface area contributed by atoms with E-state index in [1.165, 1.54) is 0 Å². The first kappa shape index (κ1) is 8.37. The van der Waals surface area contributed by atoms with Crippen molar-refractivity contribution in [2.24, 2.45) is 5.41 Å². The summed E-state index contributed by atoms with van der Waals surface area (Å²) in [5.74, 6) is 0. The van der Waals surface area contributed by atoms with Gasteiger partial charge in [-0.25, -0.2) is 4.79 Å². The summed E-state index contributed by atoms with van der Waals surface area (Å²) in [6.07, 6.45) is 0.848. The lowest BCUT2D eigenvalue weighted by atomic mass is 9.87. The van der Waals surface area contributed by atoms with E-state index in [9.17, 15) is 4.79 Å². The Morgan fingerprint density at radius 3 is 2.82 bits per heavy atom. The molecule has 0 spiro atoms. The molecule has 0 radical (unpaired) electrons. The third kappa shape index (κ3) is 1.64. The van der Waals surface area contributed by atoms with E-state index in [4.69, 9.17) is 4.74 Å². The third-order valence-corrected chi connectivity index (χ3v) is 2.33. The zero-order chi connectivity index (χ0) is 8.48. The monoisotopic (exact) mass is 157 g/mol. The van der Waals surface area contributed by atoms with Gasteiger partial charge in [-0.2, -0.15) is 0 Å². The summed E-state index contributed by atoms with van der Waals surface area (Å²) < 4.78 is 4.98. The number of hydrogen-bond acceptors (Lipinski definition) is 2. The fourth-order valence-electron chi connectivity index (χ4n) is 1.24. The zero-order valence-electron chi connectivity index (χ0n) is 7.39. The van der Waals surface area contributed by atoms with E-state index in [0.29, 0.717) is 6.61 Å². The summed E-state index contributed by atoms with van der Waals surface area (Å²) in [5.41, 5.74) is 0.155. The molecule has 0 aromatic heterocycles. The predicted octanol–water partition coefficient (Wildman–Crippen LogP) is 1.48. The molecule has 1 atom stereocenters. The minimum Gasteiger partial charge on any atom is -0.449 e. The summed E-state index contributed by atoms with van der Waals surface area (Å²) in [6, 6.07) is 0. The average molecular weight is 157 g/mol. The van der Waals surface area contributed by atoms with Crippen molar-refractivity contribution in [2.45, 2.75) is 20.3 Å². The summed E-state index contributed by atoms with van der Waals surface area (Å²) >= 11 is 0. The molecule has 0 N–H and O–H groups in total. The molecule has 11 heavy (non-hydrogen) atoms. The van der Waals surface area contributed by atoms with Gasteiger partial charge in [-0.1, -0.05) is 13.8 Å². The zero-order valence-corrected chi connectivity index (χ0v) is 7.39. The number of cyclic esters (lactones) is 1. The Hall–Kier alpha value is -0.730. The van der Waals surface area contributed by atoms with Crippen LogP contribution >= 0.6 is 0 Å². The lowest BCUT2D eigenvalue weighted by Crippen LogP contribution is -2.46. The molecule has 0 saturated carbocycles. The molecule has 1 saturated heterocycles. The minimum absolute atomic E-state index is 0.155. The molecule has 1 aliphatic heterocycles. The maximum atomic E-state index is 10.9. The number of nitrogens with zero attached hydrogens (tertiary/aromatic N) is 1. The van der Waals surface area contributed by atoms with E-state index in [1.54, 1.807) is 11.9 Å². The van der Waals surface area contributed by atoms with Gasteiger partial charge in [-0.15, -0.1) is 0 Å². The molecule has 0 aromatic carbocycles. The van der Waals surface area contributed by atoms with Crippen LogP contribution in [0, 0.1) is 5.41 Å². The second-order valence-corrected chi connectivity index (χ2v) is 3.57. The molecule has 1 aliphatic rings. The highest BCUT2D eigenvalue weighted by atomic mass is 16.6. The van der Waals surface area contributed by atoms with Gasteiger partial charge in [0.1, 0.15) is 6.61 Å². The average Bonchev–Trinajstić information content (AvgIpc) is 1.98. The van der Waals surface area contributed by atoms with E-state index in [-0.39, 0.29) is 11.5 Å². The Labute approximate surface area is 67.3 Å². The highest BCUT2D eigenvalue weighted by Gasteiger charge is 2.32. The van der Waals surface area contributed by atoms with Gasteiger partial charge in [0.25, 0.3) is 0 Å². The van der Waals surface area contributed by atoms with Crippen molar-refractivity contribution < 1.29 is 9.53 Å². The quantitative estimate of drug-likeness (QED) is 0.577. The van der Waals surface area contributed by atoms with Crippen LogP contribution in [0.1, 0.15) is 20.3 Å². The van der Waals surface area contributed by atoms with Crippen LogP contribution in [0.5, 0.6) is 0 Å². The first-order valence-electron chi connectivity index (χ1n) is 3.95. The standard InChI is InChI=1S/C8H15NO2/c1-4-8(2)5-9(3)7(10)11-6-8/h4-6H2,1-3H3. The molecule has 1 rings (SSSR count). The Kier molecular flexibility index (Phi) is 2.07. The summed E-state index contributed by atoms with van der Waals surface area (Å²) in [4.78, 5) is 12.5. The number of amides is 1. The lowest BCUT2D eigenvalue weighted by Gasteiger charge is -2.37. The number of hydrogen-bond donors (Lipinski definition) is 0. The van der Waals surface area contributed by atoms with Crippen LogP contribution in [-0.2, 0) is 4.74 Å². The molecular weight excluding hydrogens is 142 g/mol. The van der Waals surface area contributed by atoms with Gasteiger partial charge in [0.05, 0.1) is 0 Å². The van der Waals surface area contributed by atoms with Gasteiger partial charge >= 0.3 is 6.09 Å². The summed E-state index contributed by atoms with van der Waals surface area (Å²) in [7, 11) is 1.77. The molecule has 1 unspecified atom stereocenters. The molecule has 0 bridgehead atoms. The van der Waals surface area contributed by atoms with Crippen molar-refractivity contribution >= 4 is 6.09 Å². The second-order valence-electron chi connectivity index (χ2n) is 3.57. The molecule has 3 nitrogen and oxygen atoms in total. The first-order valence-corrected chi connectivity index (χ1v) is 3.95. The Bertz CT molecular complexity index is 169. The van der Waals surface area contributed by atoms with Crippen molar-refractivity contribution in [3.8, 4) is 0 Å². The number of carbonyl (C=O) groups excluding carboxylic acids is 1. The van der Waals surface area contributed by atoms with E-state index in [0.717, 1.165) is 13.0 Å². The molecule has 0 aromatic rings. The van der Waals surface area contributed by atoms with Gasteiger partial charge < -0.3 is 9.64 Å². The fraction of sp³-hybridized carbons (Fsp3) is 0.875. The maximum Gasteiger partial charge on any atom is 0.409 e. The van der Waals surface area contributed by atoms with E-state index in [1.807, 2.05) is 0 Å². The van der Waals surface area contributed by atoms with Gasteiger partial charge in [-0.3, -0.25) is 0 Å². The van der Waals surface area contributed by atoms with Crippen molar-refractivity contribution in [2.75, 3.05) is 20.2 Å². The summed E-state index contributed by atoms with van der Waals surface area (Å²) in [5, 5.41) is 0. The summed E-state index contributed by atoms with van der Waals surface area (Å²) in [6.45, 7) is 5.62. The number of ether oxygens (including phenoxy) is 1. The van der Waals surface area contributed by atoms with E-state index >= 15 is 0 Å². The normalized spacial score (nSPS) is 31.9. The van der Waals surface area contributed by atoms with Crippen molar-refractivity contribution in [1.82, 2.24) is 4.90 Å². The largest absolute Gasteiger partial charge is 0.449 e. The molecule has 1 fully saturated rings. The van der Waals surface area contributed by atoms with Crippen LogP contribution in [0.3, 0.4) is 0 Å². The van der Waals surface area contributed by atoms with E-state index < -0.39 is 0 Å². The van der Waals surface area contributed by atoms with Crippen LogP contribution in [0.15, 0.2) is 0 Å². The van der Waals surface area contributed by atoms with Crippen LogP contribution < -0.4 is 0 Å². The van der Waals surface area contributed by atoms with Crippen LogP contribution in [-0.4, -0.2) is 31.2 Å². The third-order valence-electron chi connectivity index (χ3n) is 2.33. The minimum atomic E-state index is -0.198. The molecule has 1 heterocycles. The Morgan fingerprint density at radius 1 is 1.73 bits per heavy atom. The van der Waals surface area contributed by atoms with Crippen LogP contribution in [0.4, 0.5) is 4.79 Å². The van der Waals surface area contributed by atoms with Crippen molar-refractivity contribution in [3.05, 3.63) is 0 Å². The first-order chi connectivity index (χ1) is 5.07. The number of rotatable bonds is 1.